The van der Waals surface area contributed by atoms with Crippen LogP contribution in [0.4, 0.5) is 0 Å². The Hall–Kier alpha value is -2.66. The molecule has 1 aromatic carbocycles. The number of pyridine rings is 1. The van der Waals surface area contributed by atoms with Crippen molar-refractivity contribution in [3.8, 4) is 0 Å². The molecule has 3 aromatic rings. The van der Waals surface area contributed by atoms with Gasteiger partial charge in [0.25, 0.3) is 5.91 Å². The molecule has 3 rings (SSSR count). The van der Waals surface area contributed by atoms with E-state index in [1.165, 1.54) is 6.07 Å². The third-order valence-electron chi connectivity index (χ3n) is 3.11. The fourth-order valence-corrected chi connectivity index (χ4v) is 2.21. The van der Waals surface area contributed by atoms with Gasteiger partial charge in [-0.2, -0.15) is 0 Å². The lowest BCUT2D eigenvalue weighted by Crippen LogP contribution is -2.27. The Bertz CT molecular complexity index is 891. The van der Waals surface area contributed by atoms with Gasteiger partial charge in [0.1, 0.15) is 11.1 Å². The first-order valence-corrected chi connectivity index (χ1v) is 6.92. The van der Waals surface area contributed by atoms with Gasteiger partial charge in [0.05, 0.1) is 0 Å². The van der Waals surface area contributed by atoms with E-state index in [9.17, 15) is 9.59 Å². The van der Waals surface area contributed by atoms with Gasteiger partial charge < -0.3 is 9.73 Å². The number of rotatable bonds is 3. The van der Waals surface area contributed by atoms with Crippen LogP contribution in [0.1, 0.15) is 15.9 Å². The fraction of sp³-hybridized carbons (Fsp3) is 0.0625. The molecular formula is C16H11ClN2O3. The van der Waals surface area contributed by atoms with Gasteiger partial charge in [0, 0.05) is 29.3 Å². The second-order valence-electron chi connectivity index (χ2n) is 4.67. The SMILES string of the molecule is O=C(NCc1cccnc1)c1cc2cc(Cl)ccc2oc1=O. The van der Waals surface area contributed by atoms with Crippen LogP contribution in [0, 0.1) is 0 Å². The molecular weight excluding hydrogens is 304 g/mol. The molecule has 0 aliphatic rings. The second kappa shape index (κ2) is 5.99. The summed E-state index contributed by atoms with van der Waals surface area (Å²) in [7, 11) is 0. The highest BCUT2D eigenvalue weighted by Crippen LogP contribution is 2.18. The Labute approximate surface area is 130 Å². The molecule has 6 heteroatoms. The van der Waals surface area contributed by atoms with Crippen LogP contribution < -0.4 is 10.9 Å². The number of halogens is 1. The van der Waals surface area contributed by atoms with E-state index in [-0.39, 0.29) is 12.1 Å². The first kappa shape index (κ1) is 14.3. The van der Waals surface area contributed by atoms with Crippen LogP contribution in [-0.2, 0) is 6.54 Å². The van der Waals surface area contributed by atoms with Crippen LogP contribution in [0.25, 0.3) is 11.0 Å². The summed E-state index contributed by atoms with van der Waals surface area (Å²) >= 11 is 5.90. The summed E-state index contributed by atoms with van der Waals surface area (Å²) in [5, 5.41) is 3.76. The Kier molecular flexibility index (Phi) is 3.89. The molecule has 5 nitrogen and oxygen atoms in total. The molecule has 0 unspecified atom stereocenters. The summed E-state index contributed by atoms with van der Waals surface area (Å²) < 4.78 is 5.13. The van der Waals surface area contributed by atoms with Crippen molar-refractivity contribution in [2.24, 2.45) is 0 Å². The number of carbonyl (C=O) groups excluding carboxylic acids is 1. The monoisotopic (exact) mass is 314 g/mol. The lowest BCUT2D eigenvalue weighted by atomic mass is 10.1. The Balaban J connectivity index is 1.87. The maximum Gasteiger partial charge on any atom is 0.349 e. The van der Waals surface area contributed by atoms with Gasteiger partial charge in [0.2, 0.25) is 0 Å². The van der Waals surface area contributed by atoms with Crippen molar-refractivity contribution < 1.29 is 9.21 Å². The van der Waals surface area contributed by atoms with Crippen molar-refractivity contribution in [2.45, 2.75) is 6.54 Å². The zero-order valence-electron chi connectivity index (χ0n) is 11.4. The van der Waals surface area contributed by atoms with Crippen molar-refractivity contribution in [1.29, 1.82) is 0 Å². The molecule has 0 atom stereocenters. The summed E-state index contributed by atoms with van der Waals surface area (Å²) in [5.74, 6) is -0.500. The molecule has 22 heavy (non-hydrogen) atoms. The van der Waals surface area contributed by atoms with Gasteiger partial charge in [0.15, 0.2) is 0 Å². The maximum atomic E-state index is 12.1. The molecule has 0 fully saturated rings. The summed E-state index contributed by atoms with van der Waals surface area (Å²) in [6, 6.07) is 9.93. The number of hydrogen-bond donors (Lipinski definition) is 1. The number of carbonyl (C=O) groups is 1. The number of nitrogens with zero attached hydrogens (tertiary/aromatic N) is 1. The van der Waals surface area contributed by atoms with Crippen molar-refractivity contribution in [1.82, 2.24) is 10.3 Å². The smallest absolute Gasteiger partial charge is 0.349 e. The predicted octanol–water partition coefficient (Wildman–Crippen LogP) is 2.77. The molecule has 110 valence electrons. The van der Waals surface area contributed by atoms with Crippen LogP contribution in [0.3, 0.4) is 0 Å². The number of fused-ring (bicyclic) bond motifs is 1. The van der Waals surface area contributed by atoms with Gasteiger partial charge in [-0.3, -0.25) is 9.78 Å². The Morgan fingerprint density at radius 2 is 2.14 bits per heavy atom. The van der Waals surface area contributed by atoms with Crippen molar-refractivity contribution in [3.63, 3.8) is 0 Å². The number of benzene rings is 1. The van der Waals surface area contributed by atoms with E-state index in [2.05, 4.69) is 10.3 Å². The lowest BCUT2D eigenvalue weighted by Gasteiger charge is -2.05. The van der Waals surface area contributed by atoms with E-state index < -0.39 is 11.5 Å². The molecule has 2 aromatic heterocycles. The van der Waals surface area contributed by atoms with Crippen LogP contribution >= 0.6 is 11.6 Å². The number of aromatic nitrogens is 1. The molecule has 0 saturated carbocycles. The quantitative estimate of drug-likeness (QED) is 0.755. The van der Waals surface area contributed by atoms with Crippen LogP contribution in [-0.4, -0.2) is 10.9 Å². The minimum atomic E-state index is -0.682. The van der Waals surface area contributed by atoms with Gasteiger partial charge in [-0.05, 0) is 35.9 Å². The molecule has 0 aliphatic carbocycles. The second-order valence-corrected chi connectivity index (χ2v) is 5.11. The first-order chi connectivity index (χ1) is 10.6. The predicted molar refractivity (Wildman–Crippen MR) is 82.9 cm³/mol. The van der Waals surface area contributed by atoms with Crippen LogP contribution in [0.2, 0.25) is 5.02 Å². The number of amides is 1. The van der Waals surface area contributed by atoms with Crippen LogP contribution in [0.15, 0.2) is 58.0 Å². The van der Waals surface area contributed by atoms with E-state index in [0.717, 1.165) is 5.56 Å². The van der Waals surface area contributed by atoms with E-state index in [0.29, 0.717) is 16.0 Å². The molecule has 0 spiro atoms. The van der Waals surface area contributed by atoms with Crippen molar-refractivity contribution in [3.05, 3.63) is 75.4 Å². The van der Waals surface area contributed by atoms with E-state index in [1.807, 2.05) is 6.07 Å². The first-order valence-electron chi connectivity index (χ1n) is 6.54. The zero-order valence-corrected chi connectivity index (χ0v) is 12.1. The molecule has 0 radical (unpaired) electrons. The molecule has 0 saturated heterocycles. The van der Waals surface area contributed by atoms with Crippen molar-refractivity contribution >= 4 is 28.5 Å². The molecule has 1 N–H and O–H groups in total. The van der Waals surface area contributed by atoms with E-state index in [4.69, 9.17) is 16.0 Å². The fourth-order valence-electron chi connectivity index (χ4n) is 2.03. The lowest BCUT2D eigenvalue weighted by molar-refractivity contribution is 0.0947. The van der Waals surface area contributed by atoms with Gasteiger partial charge in [-0.15, -0.1) is 0 Å². The topological polar surface area (TPSA) is 72.2 Å². The van der Waals surface area contributed by atoms with Gasteiger partial charge in [-0.1, -0.05) is 17.7 Å². The average Bonchev–Trinajstić information content (AvgIpc) is 2.53. The Morgan fingerprint density at radius 3 is 2.91 bits per heavy atom. The average molecular weight is 315 g/mol. The largest absolute Gasteiger partial charge is 0.422 e. The molecule has 2 heterocycles. The zero-order chi connectivity index (χ0) is 15.5. The van der Waals surface area contributed by atoms with Gasteiger partial charge in [-0.25, -0.2) is 4.79 Å². The molecule has 0 aliphatic heterocycles. The highest BCUT2D eigenvalue weighted by Gasteiger charge is 2.13. The highest BCUT2D eigenvalue weighted by molar-refractivity contribution is 6.31. The molecule has 1 amide bonds. The number of nitrogens with one attached hydrogen (secondary N) is 1. The molecule has 0 bridgehead atoms. The minimum Gasteiger partial charge on any atom is -0.422 e. The summed E-state index contributed by atoms with van der Waals surface area (Å²) in [5.41, 5.74) is 0.486. The Morgan fingerprint density at radius 1 is 1.27 bits per heavy atom. The number of hydrogen-bond acceptors (Lipinski definition) is 4. The van der Waals surface area contributed by atoms with Gasteiger partial charge >= 0.3 is 5.63 Å². The third-order valence-corrected chi connectivity index (χ3v) is 3.35. The van der Waals surface area contributed by atoms with Crippen LogP contribution in [0.5, 0.6) is 0 Å². The summed E-state index contributed by atoms with van der Waals surface area (Å²) in [6.45, 7) is 0.277. The van der Waals surface area contributed by atoms with Crippen molar-refractivity contribution in [2.75, 3.05) is 0 Å². The summed E-state index contributed by atoms with van der Waals surface area (Å²) in [6.07, 6.45) is 3.29. The summed E-state index contributed by atoms with van der Waals surface area (Å²) in [4.78, 5) is 28.0. The van der Waals surface area contributed by atoms with E-state index >= 15 is 0 Å². The normalized spacial score (nSPS) is 10.6. The highest BCUT2D eigenvalue weighted by atomic mass is 35.5. The standard InChI is InChI=1S/C16H11ClN2O3/c17-12-3-4-14-11(6-12)7-13(16(21)22-14)15(20)19-9-10-2-1-5-18-8-10/h1-8H,9H2,(H,19,20). The maximum absolute atomic E-state index is 12.1. The van der Waals surface area contributed by atoms with E-state index in [1.54, 1.807) is 36.7 Å². The minimum absolute atomic E-state index is 0.0568. The third kappa shape index (κ3) is 2.99.